The molecule has 3 aromatic rings. The van der Waals surface area contributed by atoms with Crippen LogP contribution in [0.5, 0.6) is 28.7 Å². The Hall–Kier alpha value is -3.10. The summed E-state index contributed by atoms with van der Waals surface area (Å²) in [6.07, 6.45) is 3.68. The molecule has 18 heteroatoms. The summed E-state index contributed by atoms with van der Waals surface area (Å²) in [7, 11) is 1.48. The molecule has 0 fully saturated rings. The van der Waals surface area contributed by atoms with Gasteiger partial charge in [-0.1, -0.05) is 17.2 Å². The van der Waals surface area contributed by atoms with Crippen molar-refractivity contribution in [2.75, 3.05) is 26.8 Å². The van der Waals surface area contributed by atoms with E-state index in [0.717, 1.165) is 23.9 Å². The van der Waals surface area contributed by atoms with Crippen LogP contribution in [0.2, 0.25) is 0 Å². The molecule has 2 amide bonds. The van der Waals surface area contributed by atoms with Crippen molar-refractivity contribution >= 4 is 114 Å². The fourth-order valence-corrected chi connectivity index (χ4v) is 10.0. The highest BCUT2D eigenvalue weighted by molar-refractivity contribution is 14.1. The van der Waals surface area contributed by atoms with E-state index in [9.17, 15) is 34.5 Å². The molecule has 58 heavy (non-hydrogen) atoms. The Morgan fingerprint density at radius 1 is 0.914 bits per heavy atom. The predicted molar refractivity (Wildman–Crippen MR) is 250 cm³/mol. The summed E-state index contributed by atoms with van der Waals surface area (Å²) in [5, 5.41) is 36.1. The third-order valence-electron chi connectivity index (χ3n) is 9.19. The number of benzene rings is 3. The third-order valence-corrected chi connectivity index (χ3v) is 12.4. The highest BCUT2D eigenvalue weighted by Gasteiger charge is 2.32. The quantitative estimate of drug-likeness (QED) is 0.0314. The molecule has 7 N–H and O–H groups in total. The molecule has 0 aromatic heterocycles. The first kappa shape index (κ1) is 47.6. The summed E-state index contributed by atoms with van der Waals surface area (Å²) in [4.78, 5) is 49.3. The highest BCUT2D eigenvalue weighted by Crippen LogP contribution is 2.42. The third kappa shape index (κ3) is 12.7. The zero-order valence-electron chi connectivity index (χ0n) is 32.0. The first-order valence-electron chi connectivity index (χ1n) is 17.8. The molecule has 14 nitrogen and oxygen atoms in total. The number of nitrogens with one attached hydrogen (secondary N) is 2. The molecular formula is C40H43I4N3O11. The van der Waals surface area contributed by atoms with Crippen LogP contribution in [0, 0.1) is 27.1 Å². The van der Waals surface area contributed by atoms with E-state index < -0.39 is 30.0 Å². The van der Waals surface area contributed by atoms with Crippen LogP contribution >= 0.6 is 90.4 Å². The number of aliphatic carboxylic acids is 1. The molecule has 3 aromatic carbocycles. The van der Waals surface area contributed by atoms with Gasteiger partial charge in [0.1, 0.15) is 41.8 Å². The average molecular weight is 1250 g/mol. The van der Waals surface area contributed by atoms with Gasteiger partial charge in [0.05, 0.1) is 33.4 Å². The van der Waals surface area contributed by atoms with Gasteiger partial charge in [-0.3, -0.25) is 9.59 Å². The Kier molecular flexibility index (Phi) is 18.0. The van der Waals surface area contributed by atoms with Crippen LogP contribution in [0.4, 0.5) is 4.79 Å². The number of carbonyl (C=O) groups excluding carboxylic acids is 3. The lowest BCUT2D eigenvalue weighted by Gasteiger charge is -2.16. The van der Waals surface area contributed by atoms with Gasteiger partial charge in [-0.2, -0.15) is 0 Å². The minimum atomic E-state index is -0.985. The van der Waals surface area contributed by atoms with Gasteiger partial charge in [-0.15, -0.1) is 0 Å². The Labute approximate surface area is 390 Å². The number of methoxy groups -OCH3 is 1. The van der Waals surface area contributed by atoms with Crippen molar-refractivity contribution in [3.05, 3.63) is 89.7 Å². The van der Waals surface area contributed by atoms with E-state index >= 15 is 0 Å². The fourth-order valence-electron chi connectivity index (χ4n) is 6.18. The van der Waals surface area contributed by atoms with Crippen LogP contribution in [0.3, 0.4) is 0 Å². The minimum absolute atomic E-state index is 0.0665. The number of alkyl carbamates (subject to hydrolysis) is 1. The maximum absolute atomic E-state index is 12.7. The molecule has 2 unspecified atom stereocenters. The number of rotatable bonds is 18. The molecule has 2 atom stereocenters. The number of hydrogen-bond acceptors (Lipinski definition) is 11. The summed E-state index contributed by atoms with van der Waals surface area (Å²) in [6, 6.07) is 6.48. The highest BCUT2D eigenvalue weighted by atomic mass is 127. The maximum Gasteiger partial charge on any atom is 0.407 e. The number of nitrogens with two attached hydrogens (primary N) is 1. The lowest BCUT2D eigenvalue weighted by atomic mass is 9.91. The summed E-state index contributed by atoms with van der Waals surface area (Å²) < 4.78 is 25.0. The smallest absolute Gasteiger partial charge is 0.407 e. The molecule has 1 heterocycles. The molecule has 0 spiro atoms. The maximum atomic E-state index is 12.7. The number of aromatic hydroxyl groups is 2. The van der Waals surface area contributed by atoms with Gasteiger partial charge in [-0.05, 0) is 178 Å². The van der Waals surface area contributed by atoms with E-state index in [-0.39, 0.29) is 75.0 Å². The largest absolute Gasteiger partial charge is 0.507 e. The molecule has 4 rings (SSSR count). The van der Waals surface area contributed by atoms with Crippen molar-refractivity contribution in [3.63, 3.8) is 0 Å². The molecular weight excluding hydrogens is 1210 g/mol. The van der Waals surface area contributed by atoms with E-state index in [1.165, 1.54) is 7.11 Å². The summed E-state index contributed by atoms with van der Waals surface area (Å²) in [5.41, 5.74) is 10.4. The zero-order valence-corrected chi connectivity index (χ0v) is 40.6. The predicted octanol–water partition coefficient (Wildman–Crippen LogP) is 7.62. The number of fused-ring (bicyclic) bond motifs is 1. The standard InChI is InChI=1S/C40H43I4N3O11/c1-19(5-6-25-33(48)32-26(18-57-39(32)53)21(3)35(25)55-4)11-23(38(51)52)12-20(2)7-10-56-40(54)47-9-8-46-37(50)31(45)15-22-13-29(43)36(30(44)14-22)58-24-16-27(41)34(49)28(42)17-24/h5,7,13-14,16-17,23,31,48-49H,6,8-12,15,18,45H2,1-4H3,(H,46,50)(H,47,54)(H,51,52)/b19-5+,20-7+. The Morgan fingerprint density at radius 2 is 1.52 bits per heavy atom. The Balaban J connectivity index is 1.19. The van der Waals surface area contributed by atoms with Gasteiger partial charge < -0.3 is 50.6 Å². The molecule has 0 saturated carbocycles. The number of phenolic OH excluding ortho intramolecular Hbond substituents is 2. The number of carbonyl (C=O) groups is 4. The number of amides is 2. The van der Waals surface area contributed by atoms with Crippen molar-refractivity contribution in [1.82, 2.24) is 10.6 Å². The Morgan fingerprint density at radius 3 is 2.12 bits per heavy atom. The summed E-state index contributed by atoms with van der Waals surface area (Å²) in [5.74, 6) is -0.996. The number of carboxylic acids is 1. The van der Waals surface area contributed by atoms with Gasteiger partial charge in [0, 0.05) is 24.2 Å². The van der Waals surface area contributed by atoms with Crippen molar-refractivity contribution in [1.29, 1.82) is 0 Å². The van der Waals surface area contributed by atoms with E-state index in [0.29, 0.717) is 41.1 Å². The topological polar surface area (TPSA) is 216 Å². The van der Waals surface area contributed by atoms with E-state index in [1.54, 1.807) is 45.1 Å². The first-order valence-corrected chi connectivity index (χ1v) is 22.1. The van der Waals surface area contributed by atoms with Crippen LogP contribution in [0.1, 0.15) is 59.3 Å². The number of esters is 1. The first-order chi connectivity index (χ1) is 27.4. The molecule has 0 saturated heterocycles. The Bertz CT molecular complexity index is 2090. The molecule has 0 radical (unpaired) electrons. The summed E-state index contributed by atoms with van der Waals surface area (Å²) in [6.45, 7) is 5.57. The van der Waals surface area contributed by atoms with Crippen LogP contribution in [-0.2, 0) is 38.5 Å². The van der Waals surface area contributed by atoms with Gasteiger partial charge in [0.2, 0.25) is 5.91 Å². The number of phenols is 2. The van der Waals surface area contributed by atoms with Gasteiger partial charge >= 0.3 is 18.0 Å². The SMILES string of the molecule is COc1c(C)c2c(c(O)c1C/C=C(\C)CC(C/C(C)=C/COC(=O)NCCNC(=O)C(N)Cc1cc(I)c(Oc3cc(I)c(O)c(I)c3)c(I)c1)C(=O)O)C(=O)OC2. The number of cyclic esters (lactones) is 1. The van der Waals surface area contributed by atoms with Crippen molar-refractivity contribution < 1.29 is 53.4 Å². The number of hydrogen-bond donors (Lipinski definition) is 6. The van der Waals surface area contributed by atoms with Gasteiger partial charge in [0.15, 0.2) is 5.75 Å². The van der Waals surface area contributed by atoms with Gasteiger partial charge in [-0.25, -0.2) is 9.59 Å². The van der Waals surface area contributed by atoms with E-state index in [4.69, 9.17) is 24.7 Å². The minimum Gasteiger partial charge on any atom is -0.507 e. The van der Waals surface area contributed by atoms with Gasteiger partial charge in [0.25, 0.3) is 0 Å². The lowest BCUT2D eigenvalue weighted by molar-refractivity contribution is -0.141. The molecule has 1 aliphatic rings. The monoisotopic (exact) mass is 1250 g/mol. The number of carboxylic acid groups (broad SMARTS) is 1. The van der Waals surface area contributed by atoms with Crippen LogP contribution < -0.4 is 25.8 Å². The van der Waals surface area contributed by atoms with Crippen LogP contribution in [-0.4, -0.2) is 72.1 Å². The molecule has 0 aliphatic carbocycles. The van der Waals surface area contributed by atoms with Crippen molar-refractivity contribution in [3.8, 4) is 28.7 Å². The molecule has 0 bridgehead atoms. The second kappa shape index (κ2) is 21.9. The molecule has 312 valence electrons. The number of allylic oxidation sites excluding steroid dienone is 3. The normalized spacial score (nSPS) is 13.6. The fraction of sp³-hybridized carbons (Fsp3) is 0.350. The van der Waals surface area contributed by atoms with Crippen LogP contribution in [0.15, 0.2) is 47.6 Å². The van der Waals surface area contributed by atoms with Crippen molar-refractivity contribution in [2.24, 2.45) is 11.7 Å². The summed E-state index contributed by atoms with van der Waals surface area (Å²) >= 11 is 8.44. The number of ether oxygens (including phenoxy) is 4. The second-order valence-corrected chi connectivity index (χ2v) is 18.2. The number of halogens is 4. The lowest BCUT2D eigenvalue weighted by Crippen LogP contribution is -2.44. The van der Waals surface area contributed by atoms with Crippen molar-refractivity contribution in [2.45, 2.75) is 59.1 Å². The molecule has 1 aliphatic heterocycles. The zero-order chi connectivity index (χ0) is 42.8. The van der Waals surface area contributed by atoms with E-state index in [1.807, 2.05) is 57.3 Å². The van der Waals surface area contributed by atoms with E-state index in [2.05, 4.69) is 55.8 Å². The second-order valence-electron chi connectivity index (χ2n) is 13.5. The average Bonchev–Trinajstić information content (AvgIpc) is 3.55. The van der Waals surface area contributed by atoms with Crippen LogP contribution in [0.25, 0.3) is 0 Å².